The maximum absolute atomic E-state index is 12.1. The number of nitrogens with zero attached hydrogens (tertiary/aromatic N) is 2. The van der Waals surface area contributed by atoms with Gasteiger partial charge in [-0.2, -0.15) is 4.98 Å². The maximum Gasteiger partial charge on any atom is 0.316 e. The quantitative estimate of drug-likeness (QED) is 0.555. The van der Waals surface area contributed by atoms with E-state index in [9.17, 15) is 9.59 Å². The fraction of sp³-hybridized carbons (Fsp3) is 0.273. The first-order chi connectivity index (χ1) is 14.4. The van der Waals surface area contributed by atoms with Crippen LogP contribution < -0.4 is 15.4 Å². The van der Waals surface area contributed by atoms with Gasteiger partial charge in [-0.15, -0.1) is 0 Å². The van der Waals surface area contributed by atoms with Crippen LogP contribution in [0.4, 0.5) is 0 Å². The maximum atomic E-state index is 12.1. The number of hydrogen-bond donors (Lipinski definition) is 2. The molecule has 0 radical (unpaired) electrons. The Labute approximate surface area is 174 Å². The summed E-state index contributed by atoms with van der Waals surface area (Å²) in [7, 11) is 0. The summed E-state index contributed by atoms with van der Waals surface area (Å²) in [5.41, 5.74) is 3.93. The first kappa shape index (κ1) is 21.0. The van der Waals surface area contributed by atoms with Crippen LogP contribution in [0, 0.1) is 20.8 Å². The molecule has 0 saturated heterocycles. The van der Waals surface area contributed by atoms with Crippen LogP contribution in [0.3, 0.4) is 0 Å². The van der Waals surface area contributed by atoms with E-state index in [0.29, 0.717) is 11.6 Å². The Hall–Kier alpha value is -3.68. The summed E-state index contributed by atoms with van der Waals surface area (Å²) < 4.78 is 10.5. The van der Waals surface area contributed by atoms with Gasteiger partial charge in [-0.3, -0.25) is 9.59 Å². The molecule has 8 nitrogen and oxygen atoms in total. The summed E-state index contributed by atoms with van der Waals surface area (Å²) in [6.07, 6.45) is 0. The normalized spacial score (nSPS) is 10.5. The van der Waals surface area contributed by atoms with E-state index in [-0.39, 0.29) is 31.5 Å². The highest BCUT2D eigenvalue weighted by atomic mass is 16.5. The van der Waals surface area contributed by atoms with E-state index in [1.54, 1.807) is 0 Å². The number of benzene rings is 2. The number of carbonyl (C=O) groups excluding carboxylic acids is 2. The second-order valence-corrected chi connectivity index (χ2v) is 6.96. The average molecular weight is 408 g/mol. The van der Waals surface area contributed by atoms with E-state index in [1.807, 2.05) is 63.2 Å². The summed E-state index contributed by atoms with van der Waals surface area (Å²) in [5, 5.41) is 9.15. The molecule has 2 N–H and O–H groups in total. The van der Waals surface area contributed by atoms with Crippen LogP contribution in [0.2, 0.25) is 0 Å². The Morgan fingerprint density at radius 3 is 2.53 bits per heavy atom. The Bertz CT molecular complexity index is 1050. The summed E-state index contributed by atoms with van der Waals surface area (Å²) in [4.78, 5) is 28.2. The lowest BCUT2D eigenvalue weighted by atomic mass is 10.1. The van der Waals surface area contributed by atoms with Crippen LogP contribution in [0.5, 0.6) is 5.75 Å². The van der Waals surface area contributed by atoms with Gasteiger partial charge < -0.3 is 19.9 Å². The van der Waals surface area contributed by atoms with E-state index in [2.05, 4.69) is 20.8 Å². The molecule has 0 aliphatic heterocycles. The third-order valence-corrected chi connectivity index (χ3v) is 4.32. The average Bonchev–Trinajstić information content (AvgIpc) is 3.21. The lowest BCUT2D eigenvalue weighted by Crippen LogP contribution is -2.36. The molecule has 0 fully saturated rings. The number of ether oxygens (including phenoxy) is 1. The zero-order valence-electron chi connectivity index (χ0n) is 17.2. The molecule has 8 heteroatoms. The zero-order valence-corrected chi connectivity index (χ0v) is 17.2. The molecular formula is C22H24N4O4. The predicted molar refractivity (Wildman–Crippen MR) is 111 cm³/mol. The standard InChI is InChI=1S/C22H24N4O4/c1-14-5-4-6-17(12-14)20-25-22(30-26-20)21(28)24-10-9-23-19(27)13-29-18-8-7-15(2)11-16(18)3/h4-8,11-12H,9-10,13H2,1-3H3,(H,23,27)(H,24,28). The lowest BCUT2D eigenvalue weighted by Gasteiger charge is -2.10. The second kappa shape index (κ2) is 9.69. The molecule has 0 saturated carbocycles. The number of rotatable bonds is 8. The van der Waals surface area contributed by atoms with Crippen molar-refractivity contribution in [1.29, 1.82) is 0 Å². The molecule has 0 aliphatic carbocycles. The summed E-state index contributed by atoms with van der Waals surface area (Å²) in [5.74, 6) is 0.118. The number of aryl methyl sites for hydroxylation is 3. The first-order valence-electron chi connectivity index (χ1n) is 9.58. The van der Waals surface area contributed by atoms with Gasteiger partial charge in [0, 0.05) is 18.7 Å². The Morgan fingerprint density at radius 1 is 1.00 bits per heavy atom. The van der Waals surface area contributed by atoms with Gasteiger partial charge in [0.15, 0.2) is 6.61 Å². The highest BCUT2D eigenvalue weighted by Crippen LogP contribution is 2.18. The summed E-state index contributed by atoms with van der Waals surface area (Å²) >= 11 is 0. The molecule has 1 aromatic heterocycles. The molecule has 0 unspecified atom stereocenters. The van der Waals surface area contributed by atoms with Gasteiger partial charge in [-0.25, -0.2) is 0 Å². The minimum absolute atomic E-state index is 0.0959. The third kappa shape index (κ3) is 5.66. The minimum Gasteiger partial charge on any atom is -0.484 e. The van der Waals surface area contributed by atoms with Gasteiger partial charge in [-0.05, 0) is 38.5 Å². The van der Waals surface area contributed by atoms with E-state index >= 15 is 0 Å². The molecule has 3 aromatic rings. The van der Waals surface area contributed by atoms with Crippen LogP contribution in [0.15, 0.2) is 47.0 Å². The van der Waals surface area contributed by atoms with Crippen LogP contribution in [0.1, 0.15) is 27.4 Å². The van der Waals surface area contributed by atoms with Gasteiger partial charge in [0.05, 0.1) is 0 Å². The fourth-order valence-corrected chi connectivity index (χ4v) is 2.83. The number of hydrogen-bond acceptors (Lipinski definition) is 6. The van der Waals surface area contributed by atoms with E-state index in [0.717, 1.165) is 22.3 Å². The monoisotopic (exact) mass is 408 g/mol. The van der Waals surface area contributed by atoms with Crippen molar-refractivity contribution in [2.75, 3.05) is 19.7 Å². The smallest absolute Gasteiger partial charge is 0.316 e. The van der Waals surface area contributed by atoms with Crippen molar-refractivity contribution in [2.45, 2.75) is 20.8 Å². The Balaban J connectivity index is 1.40. The molecule has 0 atom stereocenters. The molecule has 2 aromatic carbocycles. The Morgan fingerprint density at radius 2 is 1.77 bits per heavy atom. The molecule has 156 valence electrons. The number of amides is 2. The van der Waals surface area contributed by atoms with Crippen molar-refractivity contribution < 1.29 is 18.8 Å². The predicted octanol–water partition coefficient (Wildman–Crippen LogP) is 2.59. The van der Waals surface area contributed by atoms with Crippen molar-refractivity contribution in [3.63, 3.8) is 0 Å². The highest BCUT2D eigenvalue weighted by molar-refractivity contribution is 5.89. The van der Waals surface area contributed by atoms with E-state index < -0.39 is 5.91 Å². The first-order valence-corrected chi connectivity index (χ1v) is 9.58. The topological polar surface area (TPSA) is 106 Å². The van der Waals surface area contributed by atoms with Gasteiger partial charge in [0.1, 0.15) is 5.75 Å². The largest absolute Gasteiger partial charge is 0.484 e. The van der Waals surface area contributed by atoms with Crippen LogP contribution in [-0.4, -0.2) is 41.7 Å². The molecule has 1 heterocycles. The van der Waals surface area contributed by atoms with Gasteiger partial charge >= 0.3 is 11.8 Å². The SMILES string of the molecule is Cc1cccc(-c2noc(C(=O)NCCNC(=O)COc3ccc(C)cc3C)n2)c1. The molecule has 30 heavy (non-hydrogen) atoms. The van der Waals surface area contributed by atoms with Crippen molar-refractivity contribution in [1.82, 2.24) is 20.8 Å². The van der Waals surface area contributed by atoms with E-state index in [1.165, 1.54) is 0 Å². The van der Waals surface area contributed by atoms with Crippen molar-refractivity contribution in [3.8, 4) is 17.1 Å². The van der Waals surface area contributed by atoms with Crippen LogP contribution >= 0.6 is 0 Å². The Kier molecular flexibility index (Phi) is 6.79. The third-order valence-electron chi connectivity index (χ3n) is 4.32. The molecule has 0 aliphatic rings. The fourth-order valence-electron chi connectivity index (χ4n) is 2.83. The summed E-state index contributed by atoms with van der Waals surface area (Å²) in [6, 6.07) is 13.3. The zero-order chi connectivity index (χ0) is 21.5. The van der Waals surface area contributed by atoms with Crippen molar-refractivity contribution in [2.24, 2.45) is 0 Å². The van der Waals surface area contributed by atoms with Crippen molar-refractivity contribution in [3.05, 3.63) is 65.0 Å². The lowest BCUT2D eigenvalue weighted by molar-refractivity contribution is -0.123. The highest BCUT2D eigenvalue weighted by Gasteiger charge is 2.16. The van der Waals surface area contributed by atoms with Gasteiger partial charge in [0.25, 0.3) is 5.91 Å². The van der Waals surface area contributed by atoms with Crippen molar-refractivity contribution >= 4 is 11.8 Å². The minimum atomic E-state index is -0.498. The van der Waals surface area contributed by atoms with Crippen LogP contribution in [-0.2, 0) is 4.79 Å². The molecule has 2 amide bonds. The van der Waals surface area contributed by atoms with Gasteiger partial charge in [0.2, 0.25) is 5.82 Å². The molecule has 3 rings (SSSR count). The molecular weight excluding hydrogens is 384 g/mol. The van der Waals surface area contributed by atoms with Gasteiger partial charge in [-0.1, -0.05) is 46.6 Å². The van der Waals surface area contributed by atoms with E-state index in [4.69, 9.17) is 9.26 Å². The number of aromatic nitrogens is 2. The van der Waals surface area contributed by atoms with Crippen LogP contribution in [0.25, 0.3) is 11.4 Å². The summed E-state index contributed by atoms with van der Waals surface area (Å²) in [6.45, 7) is 6.25. The molecule has 0 bridgehead atoms. The second-order valence-electron chi connectivity index (χ2n) is 6.96. The molecule has 0 spiro atoms. The number of carbonyl (C=O) groups is 2. The number of nitrogens with one attached hydrogen (secondary N) is 2.